The van der Waals surface area contributed by atoms with E-state index in [1.165, 1.54) is 18.9 Å². The molecule has 2 aromatic carbocycles. The number of carbonyl (C=O) groups excluding carboxylic acids is 3. The molecular weight excluding hydrogens is 426 g/mol. The highest BCUT2D eigenvalue weighted by atomic mass is 32.2. The van der Waals surface area contributed by atoms with E-state index < -0.39 is 28.2 Å². The van der Waals surface area contributed by atoms with E-state index in [1.807, 2.05) is 74.5 Å². The van der Waals surface area contributed by atoms with Crippen molar-refractivity contribution in [2.24, 2.45) is 0 Å². The molecule has 2 amide bonds. The van der Waals surface area contributed by atoms with E-state index in [4.69, 9.17) is 4.74 Å². The van der Waals surface area contributed by atoms with E-state index in [0.717, 1.165) is 11.1 Å². The predicted octanol–water partition coefficient (Wildman–Crippen LogP) is 2.01. The van der Waals surface area contributed by atoms with E-state index in [-0.39, 0.29) is 18.2 Å². The zero-order valence-electron chi connectivity index (χ0n) is 18.5. The van der Waals surface area contributed by atoms with Crippen molar-refractivity contribution < 1.29 is 19.1 Å². The van der Waals surface area contributed by atoms with Crippen LogP contribution < -0.4 is 16.0 Å². The summed E-state index contributed by atoms with van der Waals surface area (Å²) in [5.74, 6) is -0.983. The molecule has 3 rings (SSSR count). The lowest BCUT2D eigenvalue weighted by atomic mass is 10.0. The molecule has 1 aliphatic rings. The van der Waals surface area contributed by atoms with Crippen molar-refractivity contribution in [3.63, 3.8) is 0 Å². The number of methoxy groups -OCH3 is 1. The monoisotopic (exact) mass is 455 g/mol. The fourth-order valence-electron chi connectivity index (χ4n) is 3.61. The Morgan fingerprint density at radius 2 is 1.62 bits per heavy atom. The zero-order chi connectivity index (χ0) is 23.1. The van der Waals surface area contributed by atoms with Crippen molar-refractivity contribution in [3.05, 3.63) is 71.8 Å². The summed E-state index contributed by atoms with van der Waals surface area (Å²) in [6.07, 6.45) is 0.157. The van der Waals surface area contributed by atoms with E-state index >= 15 is 0 Å². The van der Waals surface area contributed by atoms with Gasteiger partial charge in [-0.1, -0.05) is 60.7 Å². The van der Waals surface area contributed by atoms with Crippen molar-refractivity contribution in [1.29, 1.82) is 0 Å². The molecule has 1 fully saturated rings. The fourth-order valence-corrected chi connectivity index (χ4v) is 5.09. The molecule has 0 bridgehead atoms. The minimum atomic E-state index is -0.867. The van der Waals surface area contributed by atoms with Crippen LogP contribution in [0.5, 0.6) is 0 Å². The molecule has 1 saturated heterocycles. The maximum atomic E-state index is 13.2. The average Bonchev–Trinajstić information content (AvgIpc) is 3.11. The summed E-state index contributed by atoms with van der Waals surface area (Å²) < 4.78 is 4.41. The summed E-state index contributed by atoms with van der Waals surface area (Å²) in [7, 11) is 1.34. The van der Waals surface area contributed by atoms with Crippen molar-refractivity contribution in [2.45, 2.75) is 49.0 Å². The summed E-state index contributed by atoms with van der Waals surface area (Å²) in [5, 5.41) is 8.48. The topological polar surface area (TPSA) is 96.5 Å². The first-order valence-electron chi connectivity index (χ1n) is 10.5. The first-order chi connectivity index (χ1) is 15.3. The molecule has 0 unspecified atom stereocenters. The molecule has 170 valence electrons. The van der Waals surface area contributed by atoms with Gasteiger partial charge in [0.25, 0.3) is 0 Å². The number of amides is 2. The SMILES string of the molecule is COC(=O)[C@@H]1N[C@@H]([C@H](NC(=O)Cc2ccccc2)C(=O)NCc2ccccc2)SC1(C)C. The van der Waals surface area contributed by atoms with Gasteiger partial charge in [0, 0.05) is 11.3 Å². The summed E-state index contributed by atoms with van der Waals surface area (Å²) >= 11 is 1.44. The minimum Gasteiger partial charge on any atom is -0.468 e. The number of nitrogens with one attached hydrogen (secondary N) is 3. The highest BCUT2D eigenvalue weighted by Gasteiger charge is 2.49. The van der Waals surface area contributed by atoms with Gasteiger partial charge in [-0.15, -0.1) is 11.8 Å². The number of thioether (sulfide) groups is 1. The van der Waals surface area contributed by atoms with Gasteiger partial charge in [-0.2, -0.15) is 0 Å². The van der Waals surface area contributed by atoms with Crippen LogP contribution in [0.15, 0.2) is 60.7 Å². The molecule has 0 saturated carbocycles. The molecule has 0 radical (unpaired) electrons. The third-order valence-corrected chi connectivity index (χ3v) is 6.82. The number of esters is 1. The Balaban J connectivity index is 1.74. The number of hydrogen-bond donors (Lipinski definition) is 3. The highest BCUT2D eigenvalue weighted by molar-refractivity contribution is 8.01. The second-order valence-corrected chi connectivity index (χ2v) is 9.97. The summed E-state index contributed by atoms with van der Waals surface area (Å²) in [4.78, 5) is 38.2. The number of carbonyl (C=O) groups is 3. The fraction of sp³-hybridized carbons (Fsp3) is 0.375. The Labute approximate surface area is 192 Å². The average molecular weight is 456 g/mol. The Morgan fingerprint density at radius 1 is 1.03 bits per heavy atom. The Hall–Kier alpha value is -2.84. The zero-order valence-corrected chi connectivity index (χ0v) is 19.3. The van der Waals surface area contributed by atoms with E-state index in [9.17, 15) is 14.4 Å². The largest absolute Gasteiger partial charge is 0.468 e. The smallest absolute Gasteiger partial charge is 0.324 e. The van der Waals surface area contributed by atoms with Crippen LogP contribution in [-0.4, -0.2) is 47.1 Å². The summed E-state index contributed by atoms with van der Waals surface area (Å²) in [5.41, 5.74) is 1.81. The third kappa shape index (κ3) is 6.11. The molecule has 7 nitrogen and oxygen atoms in total. The maximum Gasteiger partial charge on any atom is 0.324 e. The third-order valence-electron chi connectivity index (χ3n) is 5.31. The lowest BCUT2D eigenvalue weighted by Gasteiger charge is -2.25. The normalized spacial score (nSPS) is 20.2. The van der Waals surface area contributed by atoms with Gasteiger partial charge in [0.2, 0.25) is 11.8 Å². The van der Waals surface area contributed by atoms with Crippen molar-refractivity contribution >= 4 is 29.5 Å². The number of rotatable bonds is 8. The molecule has 0 aliphatic carbocycles. The van der Waals surface area contributed by atoms with Crippen LogP contribution >= 0.6 is 11.8 Å². The van der Waals surface area contributed by atoms with Gasteiger partial charge in [0.05, 0.1) is 18.9 Å². The maximum absolute atomic E-state index is 13.2. The minimum absolute atomic E-state index is 0.157. The number of hydrogen-bond acceptors (Lipinski definition) is 6. The molecule has 1 heterocycles. The second-order valence-electron chi connectivity index (χ2n) is 8.18. The molecule has 3 atom stereocenters. The first-order valence-corrected chi connectivity index (χ1v) is 11.3. The van der Waals surface area contributed by atoms with Crippen molar-refractivity contribution in [2.75, 3.05) is 7.11 Å². The number of benzene rings is 2. The van der Waals surface area contributed by atoms with E-state index in [2.05, 4.69) is 16.0 Å². The van der Waals surface area contributed by atoms with Crippen LogP contribution in [0, 0.1) is 0 Å². The number of ether oxygens (including phenoxy) is 1. The molecular formula is C24H29N3O4S. The van der Waals surface area contributed by atoms with E-state index in [1.54, 1.807) is 0 Å². The Bertz CT molecular complexity index is 937. The van der Waals surface area contributed by atoms with Gasteiger partial charge in [-0.3, -0.25) is 19.7 Å². The standard InChI is InChI=1S/C24H29N3O4S/c1-24(2)20(23(30)31-3)27-22(32-24)19(21(29)25-15-17-12-8-5-9-13-17)26-18(28)14-16-10-6-4-7-11-16/h4-13,19-20,22,27H,14-15H2,1-3H3,(H,25,29)(H,26,28)/t19-,20+,22-/m1/s1. The van der Waals surface area contributed by atoms with Gasteiger partial charge in [0.1, 0.15) is 12.1 Å². The lowest BCUT2D eigenvalue weighted by Crippen LogP contribution is -2.57. The van der Waals surface area contributed by atoms with Gasteiger partial charge >= 0.3 is 5.97 Å². The quantitative estimate of drug-likeness (QED) is 0.527. The molecule has 0 spiro atoms. The van der Waals surface area contributed by atoms with E-state index in [0.29, 0.717) is 6.54 Å². The Morgan fingerprint density at radius 3 is 2.22 bits per heavy atom. The molecule has 3 N–H and O–H groups in total. The molecule has 8 heteroatoms. The van der Waals surface area contributed by atoms with Gasteiger partial charge in [-0.25, -0.2) is 0 Å². The molecule has 0 aromatic heterocycles. The molecule has 32 heavy (non-hydrogen) atoms. The first kappa shape index (κ1) is 23.8. The van der Waals surface area contributed by atoms with Crippen LogP contribution in [0.25, 0.3) is 0 Å². The Kier molecular flexibility index (Phi) is 7.93. The van der Waals surface area contributed by atoms with Crippen LogP contribution in [0.3, 0.4) is 0 Å². The highest BCUT2D eigenvalue weighted by Crippen LogP contribution is 2.39. The van der Waals surface area contributed by atoms with Gasteiger partial charge in [0.15, 0.2) is 0 Å². The molecule has 1 aliphatic heterocycles. The van der Waals surface area contributed by atoms with Crippen LogP contribution in [-0.2, 0) is 32.1 Å². The van der Waals surface area contributed by atoms with Crippen molar-refractivity contribution in [1.82, 2.24) is 16.0 Å². The van der Waals surface area contributed by atoms with Gasteiger partial charge < -0.3 is 15.4 Å². The summed E-state index contributed by atoms with van der Waals surface area (Å²) in [6.45, 7) is 4.17. The molecule has 2 aromatic rings. The second kappa shape index (κ2) is 10.7. The van der Waals surface area contributed by atoms with Crippen molar-refractivity contribution in [3.8, 4) is 0 Å². The van der Waals surface area contributed by atoms with Gasteiger partial charge in [-0.05, 0) is 25.0 Å². The van der Waals surface area contributed by atoms with Crippen LogP contribution in [0.4, 0.5) is 0 Å². The lowest BCUT2D eigenvalue weighted by molar-refractivity contribution is -0.143. The van der Waals surface area contributed by atoms with Crippen LogP contribution in [0.2, 0.25) is 0 Å². The van der Waals surface area contributed by atoms with Crippen LogP contribution in [0.1, 0.15) is 25.0 Å². The predicted molar refractivity (Wildman–Crippen MR) is 125 cm³/mol. The summed E-state index contributed by atoms with van der Waals surface area (Å²) in [6, 6.07) is 17.4.